The van der Waals surface area contributed by atoms with E-state index < -0.39 is 32.7 Å². The first-order chi connectivity index (χ1) is 18.4. The maximum absolute atomic E-state index is 13.3. The number of nitrogens with zero attached hydrogens (tertiary/aromatic N) is 1. The Balaban J connectivity index is 1.34. The van der Waals surface area contributed by atoms with E-state index in [1.807, 2.05) is 30.3 Å². The van der Waals surface area contributed by atoms with Crippen LogP contribution in [0.5, 0.6) is 0 Å². The summed E-state index contributed by atoms with van der Waals surface area (Å²) in [7, 11) is -3.95. The van der Waals surface area contributed by atoms with Gasteiger partial charge in [-0.2, -0.15) is 13.2 Å². The molecule has 5 rings (SSSR count). The van der Waals surface area contributed by atoms with E-state index >= 15 is 0 Å². The van der Waals surface area contributed by atoms with Gasteiger partial charge in [-0.05, 0) is 54.1 Å². The van der Waals surface area contributed by atoms with Crippen LogP contribution in [0.3, 0.4) is 0 Å². The standard InChI is InChI=1S/C28H20ClF3N2O4S/c1-39(36,37)34(20-11-13-24(29)23(15-20)28(30,31)32)16-17-6-8-18(9-7-17)27(35)33-19-10-12-22-21-4-2-3-5-25(21)38-26(22)14-19/h2-15H,16H2,1H3,(H,33,35). The van der Waals surface area contributed by atoms with Crippen molar-refractivity contribution in [3.05, 3.63) is 107 Å². The van der Waals surface area contributed by atoms with Gasteiger partial charge in [0.2, 0.25) is 10.0 Å². The third-order valence-corrected chi connectivity index (χ3v) is 7.59. The topological polar surface area (TPSA) is 79.6 Å². The molecule has 0 radical (unpaired) electrons. The quantitative estimate of drug-likeness (QED) is 0.229. The lowest BCUT2D eigenvalue weighted by Crippen LogP contribution is -2.29. The number of sulfonamides is 1. The maximum atomic E-state index is 13.3. The number of furan rings is 1. The van der Waals surface area contributed by atoms with Crippen LogP contribution in [0.2, 0.25) is 5.02 Å². The van der Waals surface area contributed by atoms with Crippen molar-refractivity contribution in [3.8, 4) is 0 Å². The number of fused-ring (bicyclic) bond motifs is 3. The Hall–Kier alpha value is -4.02. The normalized spacial score (nSPS) is 12.1. The Labute approximate surface area is 226 Å². The number of alkyl halides is 3. The lowest BCUT2D eigenvalue weighted by molar-refractivity contribution is -0.137. The first-order valence-electron chi connectivity index (χ1n) is 11.6. The van der Waals surface area contributed by atoms with Crippen molar-refractivity contribution in [2.75, 3.05) is 15.9 Å². The van der Waals surface area contributed by atoms with Crippen LogP contribution in [0.15, 0.2) is 89.3 Å². The molecule has 1 aromatic heterocycles. The Morgan fingerprint density at radius 2 is 1.62 bits per heavy atom. The second-order valence-electron chi connectivity index (χ2n) is 8.89. The fraction of sp³-hybridized carbons (Fsp3) is 0.107. The summed E-state index contributed by atoms with van der Waals surface area (Å²) >= 11 is 5.68. The summed E-state index contributed by atoms with van der Waals surface area (Å²) in [6.45, 7) is -0.248. The van der Waals surface area contributed by atoms with Crippen LogP contribution in [0.1, 0.15) is 21.5 Å². The Kier molecular flexibility index (Phi) is 6.77. The predicted molar refractivity (Wildman–Crippen MR) is 146 cm³/mol. The molecule has 4 aromatic carbocycles. The lowest BCUT2D eigenvalue weighted by atomic mass is 10.1. The third kappa shape index (κ3) is 5.57. The van der Waals surface area contributed by atoms with Gasteiger partial charge in [-0.3, -0.25) is 9.10 Å². The maximum Gasteiger partial charge on any atom is 0.417 e. The molecular formula is C28H20ClF3N2O4S. The average molecular weight is 573 g/mol. The number of anilines is 2. The molecule has 0 spiro atoms. The van der Waals surface area contributed by atoms with Crippen LogP contribution in [-0.4, -0.2) is 20.6 Å². The number of nitrogens with one attached hydrogen (secondary N) is 1. The first-order valence-corrected chi connectivity index (χ1v) is 13.8. The van der Waals surface area contributed by atoms with Crippen molar-refractivity contribution in [1.29, 1.82) is 0 Å². The van der Waals surface area contributed by atoms with Gasteiger partial charge in [-0.15, -0.1) is 0 Å². The molecule has 0 saturated heterocycles. The molecule has 0 fully saturated rings. The SMILES string of the molecule is CS(=O)(=O)N(Cc1ccc(C(=O)Nc2ccc3c(c2)oc2ccccc23)cc1)c1ccc(Cl)c(C(F)(F)F)c1. The number of benzene rings is 4. The first kappa shape index (κ1) is 26.6. The van der Waals surface area contributed by atoms with Crippen molar-refractivity contribution in [2.45, 2.75) is 12.7 Å². The Morgan fingerprint density at radius 3 is 2.31 bits per heavy atom. The highest BCUT2D eigenvalue weighted by atomic mass is 35.5. The fourth-order valence-electron chi connectivity index (χ4n) is 4.22. The molecule has 0 atom stereocenters. The molecule has 5 aromatic rings. The number of carbonyl (C=O) groups is 1. The highest BCUT2D eigenvalue weighted by Gasteiger charge is 2.34. The molecule has 0 saturated carbocycles. The van der Waals surface area contributed by atoms with E-state index in [0.717, 1.165) is 33.0 Å². The Morgan fingerprint density at radius 1 is 0.923 bits per heavy atom. The van der Waals surface area contributed by atoms with Crippen molar-refractivity contribution >= 4 is 60.8 Å². The van der Waals surface area contributed by atoms with Gasteiger partial charge in [-0.25, -0.2) is 8.42 Å². The van der Waals surface area contributed by atoms with E-state index in [0.29, 0.717) is 28.5 Å². The van der Waals surface area contributed by atoms with Gasteiger partial charge in [0.05, 0.1) is 29.1 Å². The van der Waals surface area contributed by atoms with Crippen molar-refractivity contribution < 1.29 is 30.8 Å². The lowest BCUT2D eigenvalue weighted by Gasteiger charge is -2.24. The van der Waals surface area contributed by atoms with E-state index in [-0.39, 0.29) is 12.2 Å². The summed E-state index contributed by atoms with van der Waals surface area (Å²) in [4.78, 5) is 12.8. The van der Waals surface area contributed by atoms with E-state index in [2.05, 4.69) is 5.32 Å². The van der Waals surface area contributed by atoms with Crippen LogP contribution in [-0.2, 0) is 22.7 Å². The number of hydrogen-bond acceptors (Lipinski definition) is 4. The zero-order valence-corrected chi connectivity index (χ0v) is 21.9. The van der Waals surface area contributed by atoms with Crippen LogP contribution in [0.25, 0.3) is 21.9 Å². The molecule has 6 nitrogen and oxygen atoms in total. The van der Waals surface area contributed by atoms with E-state index in [4.69, 9.17) is 16.0 Å². The molecule has 0 aliphatic rings. The molecule has 0 unspecified atom stereocenters. The molecule has 11 heteroatoms. The summed E-state index contributed by atoms with van der Waals surface area (Å²) in [6, 6.07) is 22.0. The summed E-state index contributed by atoms with van der Waals surface area (Å²) in [5.41, 5.74) is 1.34. The minimum Gasteiger partial charge on any atom is -0.456 e. The van der Waals surface area contributed by atoms with Gasteiger partial charge in [0.1, 0.15) is 11.2 Å². The number of carbonyl (C=O) groups excluding carboxylic acids is 1. The second kappa shape index (κ2) is 9.94. The highest BCUT2D eigenvalue weighted by molar-refractivity contribution is 7.92. The van der Waals surface area contributed by atoms with Crippen LogP contribution in [0, 0.1) is 0 Å². The molecule has 0 aliphatic carbocycles. The van der Waals surface area contributed by atoms with E-state index in [1.165, 1.54) is 30.3 Å². The summed E-state index contributed by atoms with van der Waals surface area (Å²) < 4.78 is 71.6. The van der Waals surface area contributed by atoms with Crippen molar-refractivity contribution in [2.24, 2.45) is 0 Å². The summed E-state index contributed by atoms with van der Waals surface area (Å²) in [5.74, 6) is -0.399. The van der Waals surface area contributed by atoms with Gasteiger partial charge in [0, 0.05) is 28.1 Å². The molecular weight excluding hydrogens is 553 g/mol. The zero-order valence-electron chi connectivity index (χ0n) is 20.3. The second-order valence-corrected chi connectivity index (χ2v) is 11.2. The van der Waals surface area contributed by atoms with Gasteiger partial charge >= 0.3 is 6.18 Å². The number of amides is 1. The number of hydrogen-bond donors (Lipinski definition) is 1. The van der Waals surface area contributed by atoms with Crippen LogP contribution >= 0.6 is 11.6 Å². The van der Waals surface area contributed by atoms with Gasteiger partial charge < -0.3 is 9.73 Å². The molecule has 39 heavy (non-hydrogen) atoms. The number of rotatable bonds is 6. The van der Waals surface area contributed by atoms with Gasteiger partial charge in [-0.1, -0.05) is 41.9 Å². The smallest absolute Gasteiger partial charge is 0.417 e. The number of para-hydroxylation sites is 1. The summed E-state index contributed by atoms with van der Waals surface area (Å²) in [5, 5.41) is 4.17. The van der Waals surface area contributed by atoms with Gasteiger partial charge in [0.25, 0.3) is 5.91 Å². The van der Waals surface area contributed by atoms with Crippen LogP contribution < -0.4 is 9.62 Å². The summed E-state index contributed by atoms with van der Waals surface area (Å²) in [6.07, 6.45) is -3.85. The van der Waals surface area contributed by atoms with Crippen molar-refractivity contribution in [1.82, 2.24) is 0 Å². The molecule has 0 aliphatic heterocycles. The Bertz CT molecular complexity index is 1820. The monoisotopic (exact) mass is 572 g/mol. The minimum absolute atomic E-state index is 0.183. The minimum atomic E-state index is -4.75. The zero-order chi connectivity index (χ0) is 27.9. The molecule has 1 amide bonds. The highest BCUT2D eigenvalue weighted by Crippen LogP contribution is 2.37. The predicted octanol–water partition coefficient (Wildman–Crippen LogP) is 7.48. The third-order valence-electron chi connectivity index (χ3n) is 6.12. The van der Waals surface area contributed by atoms with E-state index in [9.17, 15) is 26.4 Å². The molecule has 0 bridgehead atoms. The average Bonchev–Trinajstić information content (AvgIpc) is 3.24. The largest absolute Gasteiger partial charge is 0.456 e. The van der Waals surface area contributed by atoms with Crippen molar-refractivity contribution in [3.63, 3.8) is 0 Å². The number of halogens is 4. The molecule has 200 valence electrons. The van der Waals surface area contributed by atoms with Gasteiger partial charge in [0.15, 0.2) is 0 Å². The van der Waals surface area contributed by atoms with Crippen LogP contribution in [0.4, 0.5) is 24.5 Å². The van der Waals surface area contributed by atoms with E-state index in [1.54, 1.807) is 12.1 Å². The molecule has 1 heterocycles. The fourth-order valence-corrected chi connectivity index (χ4v) is 5.32. The molecule has 1 N–H and O–H groups in total.